The van der Waals surface area contributed by atoms with Crippen LogP contribution in [0.5, 0.6) is 17.2 Å². The summed E-state index contributed by atoms with van der Waals surface area (Å²) < 4.78 is 37.0. The summed E-state index contributed by atoms with van der Waals surface area (Å²) in [7, 11) is -1.89. The Labute approximate surface area is 166 Å². The molecular formula is C23H24O4S. The maximum atomic E-state index is 12.8. The molecule has 5 heteroatoms. The van der Waals surface area contributed by atoms with Crippen LogP contribution in [0.3, 0.4) is 0 Å². The SMILES string of the molecule is COc1c(C)cc(Oc2ccc(S(=O)(=O)c3ccc(C)cc3)cc2)c(C)c1C. The zero-order chi connectivity index (χ0) is 20.5. The first-order chi connectivity index (χ1) is 13.2. The third kappa shape index (κ3) is 3.76. The molecule has 0 aliphatic rings. The van der Waals surface area contributed by atoms with Gasteiger partial charge in [-0.3, -0.25) is 0 Å². The molecule has 0 aliphatic heterocycles. The number of hydrogen-bond acceptors (Lipinski definition) is 4. The van der Waals surface area contributed by atoms with Gasteiger partial charge in [0.1, 0.15) is 17.2 Å². The molecule has 0 bridgehead atoms. The molecule has 0 amide bonds. The first-order valence-corrected chi connectivity index (χ1v) is 10.5. The number of benzene rings is 3. The molecule has 0 radical (unpaired) electrons. The van der Waals surface area contributed by atoms with Crippen molar-refractivity contribution in [2.75, 3.05) is 7.11 Å². The summed E-state index contributed by atoms with van der Waals surface area (Å²) in [6.45, 7) is 7.86. The van der Waals surface area contributed by atoms with Crippen LogP contribution in [0.1, 0.15) is 22.3 Å². The van der Waals surface area contributed by atoms with Gasteiger partial charge in [-0.2, -0.15) is 0 Å². The Morgan fingerprint density at radius 2 is 1.29 bits per heavy atom. The Morgan fingerprint density at radius 3 is 1.82 bits per heavy atom. The molecule has 146 valence electrons. The monoisotopic (exact) mass is 396 g/mol. The lowest BCUT2D eigenvalue weighted by Gasteiger charge is -2.16. The van der Waals surface area contributed by atoms with Crippen LogP contribution in [-0.4, -0.2) is 15.5 Å². The summed E-state index contributed by atoms with van der Waals surface area (Å²) in [5.74, 6) is 2.16. The van der Waals surface area contributed by atoms with Crippen LogP contribution in [0.25, 0.3) is 0 Å². The third-order valence-electron chi connectivity index (χ3n) is 4.88. The van der Waals surface area contributed by atoms with E-state index in [1.807, 2.05) is 33.8 Å². The van der Waals surface area contributed by atoms with E-state index in [1.165, 1.54) is 0 Å². The minimum absolute atomic E-state index is 0.238. The van der Waals surface area contributed by atoms with Crippen molar-refractivity contribution in [2.45, 2.75) is 37.5 Å². The molecule has 3 rings (SSSR count). The van der Waals surface area contributed by atoms with Gasteiger partial charge in [0.2, 0.25) is 9.84 Å². The number of aryl methyl sites for hydroxylation is 2. The van der Waals surface area contributed by atoms with Gasteiger partial charge in [-0.15, -0.1) is 0 Å². The maximum absolute atomic E-state index is 12.8. The fourth-order valence-corrected chi connectivity index (χ4v) is 4.37. The van der Waals surface area contributed by atoms with Gasteiger partial charge in [0.15, 0.2) is 0 Å². The highest BCUT2D eigenvalue weighted by Gasteiger charge is 2.18. The van der Waals surface area contributed by atoms with E-state index in [1.54, 1.807) is 55.6 Å². The molecule has 0 atom stereocenters. The summed E-state index contributed by atoms with van der Waals surface area (Å²) in [6.07, 6.45) is 0. The Bertz CT molecular complexity index is 1100. The number of methoxy groups -OCH3 is 1. The minimum Gasteiger partial charge on any atom is -0.496 e. The highest BCUT2D eigenvalue weighted by molar-refractivity contribution is 7.91. The molecule has 0 saturated heterocycles. The number of rotatable bonds is 5. The highest BCUT2D eigenvalue weighted by Crippen LogP contribution is 2.35. The third-order valence-corrected chi connectivity index (χ3v) is 6.66. The molecule has 4 nitrogen and oxygen atoms in total. The second-order valence-electron chi connectivity index (χ2n) is 6.86. The maximum Gasteiger partial charge on any atom is 0.206 e. The van der Waals surface area contributed by atoms with Gasteiger partial charge in [-0.25, -0.2) is 8.42 Å². The van der Waals surface area contributed by atoms with Crippen molar-refractivity contribution in [3.05, 3.63) is 76.9 Å². The van der Waals surface area contributed by atoms with Crippen molar-refractivity contribution in [3.8, 4) is 17.2 Å². The number of hydrogen-bond donors (Lipinski definition) is 0. The first kappa shape index (κ1) is 20.0. The van der Waals surface area contributed by atoms with Crippen LogP contribution in [-0.2, 0) is 9.84 Å². The van der Waals surface area contributed by atoms with E-state index < -0.39 is 9.84 Å². The Kier molecular flexibility index (Phi) is 5.47. The fourth-order valence-electron chi connectivity index (χ4n) is 3.11. The molecule has 0 heterocycles. The van der Waals surface area contributed by atoms with Gasteiger partial charge in [0.25, 0.3) is 0 Å². The van der Waals surface area contributed by atoms with Crippen molar-refractivity contribution >= 4 is 9.84 Å². The molecular weight excluding hydrogens is 372 g/mol. The Hall–Kier alpha value is -2.79. The van der Waals surface area contributed by atoms with E-state index in [-0.39, 0.29) is 9.79 Å². The Morgan fingerprint density at radius 1 is 0.750 bits per heavy atom. The lowest BCUT2D eigenvalue weighted by Crippen LogP contribution is -2.02. The zero-order valence-electron chi connectivity index (χ0n) is 16.7. The van der Waals surface area contributed by atoms with E-state index in [2.05, 4.69) is 0 Å². The lowest BCUT2D eigenvalue weighted by molar-refractivity contribution is 0.405. The minimum atomic E-state index is -3.55. The van der Waals surface area contributed by atoms with Crippen molar-refractivity contribution in [3.63, 3.8) is 0 Å². The molecule has 28 heavy (non-hydrogen) atoms. The topological polar surface area (TPSA) is 52.6 Å². The Balaban J connectivity index is 1.89. The van der Waals surface area contributed by atoms with Gasteiger partial charge in [0, 0.05) is 0 Å². The van der Waals surface area contributed by atoms with Gasteiger partial charge in [-0.1, -0.05) is 17.7 Å². The predicted octanol–water partition coefficient (Wildman–Crippen LogP) is 5.55. The quantitative estimate of drug-likeness (QED) is 0.567. The van der Waals surface area contributed by atoms with Crippen LogP contribution in [0.15, 0.2) is 64.4 Å². The number of sulfone groups is 1. The summed E-state index contributed by atoms with van der Waals surface area (Å²) in [4.78, 5) is 0.520. The van der Waals surface area contributed by atoms with Crippen LogP contribution in [0.2, 0.25) is 0 Å². The summed E-state index contributed by atoms with van der Waals surface area (Å²) in [5, 5.41) is 0. The van der Waals surface area contributed by atoms with Gasteiger partial charge in [0.05, 0.1) is 16.9 Å². The molecule has 0 saturated carbocycles. The fraction of sp³-hybridized carbons (Fsp3) is 0.217. The van der Waals surface area contributed by atoms with Crippen LogP contribution < -0.4 is 9.47 Å². The molecule has 0 fully saturated rings. The zero-order valence-corrected chi connectivity index (χ0v) is 17.6. The molecule has 0 spiro atoms. The second-order valence-corrected chi connectivity index (χ2v) is 8.81. The van der Waals surface area contributed by atoms with Crippen molar-refractivity contribution in [2.24, 2.45) is 0 Å². The average Bonchev–Trinajstić information content (AvgIpc) is 2.67. The summed E-state index contributed by atoms with van der Waals surface area (Å²) >= 11 is 0. The first-order valence-electron chi connectivity index (χ1n) is 8.98. The number of ether oxygens (including phenoxy) is 2. The molecule has 0 aliphatic carbocycles. The van der Waals surface area contributed by atoms with Crippen LogP contribution >= 0.6 is 0 Å². The summed E-state index contributed by atoms with van der Waals surface area (Å²) in [6, 6.07) is 15.3. The average molecular weight is 397 g/mol. The van der Waals surface area contributed by atoms with Gasteiger partial charge >= 0.3 is 0 Å². The van der Waals surface area contributed by atoms with Crippen LogP contribution in [0, 0.1) is 27.7 Å². The van der Waals surface area contributed by atoms with Crippen molar-refractivity contribution < 1.29 is 17.9 Å². The molecule has 3 aromatic carbocycles. The molecule has 0 unspecified atom stereocenters. The largest absolute Gasteiger partial charge is 0.496 e. The standard InChI is InChI=1S/C23H24O4S/c1-15-6-10-20(11-7-15)28(24,25)21-12-8-19(9-13-21)27-22-14-16(2)23(26-5)18(4)17(22)3/h6-14H,1-5H3. The van der Waals surface area contributed by atoms with Crippen LogP contribution in [0.4, 0.5) is 0 Å². The second kappa shape index (κ2) is 7.68. The van der Waals surface area contributed by atoms with E-state index in [0.29, 0.717) is 5.75 Å². The summed E-state index contributed by atoms with van der Waals surface area (Å²) in [5.41, 5.74) is 4.01. The highest BCUT2D eigenvalue weighted by atomic mass is 32.2. The van der Waals surface area contributed by atoms with Crippen molar-refractivity contribution in [1.29, 1.82) is 0 Å². The lowest BCUT2D eigenvalue weighted by atomic mass is 10.0. The van der Waals surface area contributed by atoms with E-state index in [4.69, 9.17) is 9.47 Å². The van der Waals surface area contributed by atoms with E-state index in [0.717, 1.165) is 33.8 Å². The van der Waals surface area contributed by atoms with Gasteiger partial charge < -0.3 is 9.47 Å². The molecule has 0 aromatic heterocycles. The smallest absolute Gasteiger partial charge is 0.206 e. The van der Waals surface area contributed by atoms with Crippen molar-refractivity contribution in [1.82, 2.24) is 0 Å². The van der Waals surface area contributed by atoms with Gasteiger partial charge in [-0.05, 0) is 86.8 Å². The predicted molar refractivity (Wildman–Crippen MR) is 110 cm³/mol. The molecule has 0 N–H and O–H groups in total. The van der Waals surface area contributed by atoms with E-state index in [9.17, 15) is 8.42 Å². The van der Waals surface area contributed by atoms with E-state index >= 15 is 0 Å². The molecule has 3 aromatic rings. The normalized spacial score (nSPS) is 11.3.